The second kappa shape index (κ2) is 2.64. The second-order valence-electron chi connectivity index (χ2n) is 2.25. The first kappa shape index (κ1) is 6.99. The number of cyclic esters (lactones) is 1. The van der Waals surface area contributed by atoms with Crippen molar-refractivity contribution in [2.45, 2.75) is 19.4 Å². The molecule has 0 aromatic rings. The molecule has 0 N–H and O–H groups in total. The van der Waals surface area contributed by atoms with Crippen LogP contribution in [-0.4, -0.2) is 18.4 Å². The first-order valence-electron chi connectivity index (χ1n) is 3.09. The maximum Gasteiger partial charge on any atom is 0.334 e. The van der Waals surface area contributed by atoms with Gasteiger partial charge in [-0.25, -0.2) is 4.79 Å². The van der Waals surface area contributed by atoms with Gasteiger partial charge in [-0.2, -0.15) is 0 Å². The maximum atomic E-state index is 10.7. The first-order valence-corrected chi connectivity index (χ1v) is 3.09. The van der Waals surface area contributed by atoms with Crippen LogP contribution in [0.1, 0.15) is 13.3 Å². The van der Waals surface area contributed by atoms with Crippen LogP contribution in [0.4, 0.5) is 0 Å². The van der Waals surface area contributed by atoms with Gasteiger partial charge in [-0.05, 0) is 13.0 Å². The SMILES string of the molecule is C[C@H]1C/C(=C\C=O)C(=O)O1. The molecular formula is C7H8O3. The van der Waals surface area contributed by atoms with Crippen LogP contribution in [0.3, 0.4) is 0 Å². The van der Waals surface area contributed by atoms with E-state index in [-0.39, 0.29) is 12.1 Å². The normalized spacial score (nSPS) is 28.7. The molecule has 0 aromatic carbocycles. The molecule has 1 aliphatic rings. The van der Waals surface area contributed by atoms with E-state index in [0.717, 1.165) is 0 Å². The maximum absolute atomic E-state index is 10.7. The van der Waals surface area contributed by atoms with Crippen molar-refractivity contribution in [1.82, 2.24) is 0 Å². The second-order valence-corrected chi connectivity index (χ2v) is 2.25. The van der Waals surface area contributed by atoms with Gasteiger partial charge in [0, 0.05) is 12.0 Å². The highest BCUT2D eigenvalue weighted by atomic mass is 16.5. The average Bonchev–Trinajstić information content (AvgIpc) is 2.13. The van der Waals surface area contributed by atoms with Crippen molar-refractivity contribution in [2.24, 2.45) is 0 Å². The molecule has 3 heteroatoms. The number of carbonyl (C=O) groups excluding carboxylic acids is 2. The minimum Gasteiger partial charge on any atom is -0.459 e. The van der Waals surface area contributed by atoms with Crippen LogP contribution in [0.2, 0.25) is 0 Å². The Hall–Kier alpha value is -1.12. The molecule has 0 radical (unpaired) electrons. The van der Waals surface area contributed by atoms with Crippen LogP contribution in [0, 0.1) is 0 Å². The Bertz CT molecular complexity index is 193. The van der Waals surface area contributed by atoms with Crippen LogP contribution in [-0.2, 0) is 14.3 Å². The number of hydrogen-bond acceptors (Lipinski definition) is 3. The topological polar surface area (TPSA) is 43.4 Å². The summed E-state index contributed by atoms with van der Waals surface area (Å²) in [6.45, 7) is 1.80. The van der Waals surface area contributed by atoms with E-state index in [1.165, 1.54) is 6.08 Å². The quantitative estimate of drug-likeness (QED) is 0.301. The molecule has 1 heterocycles. The number of allylic oxidation sites excluding steroid dienone is 1. The Labute approximate surface area is 58.7 Å². The van der Waals surface area contributed by atoms with Crippen LogP contribution in [0.25, 0.3) is 0 Å². The van der Waals surface area contributed by atoms with Crippen LogP contribution in [0.15, 0.2) is 11.6 Å². The van der Waals surface area contributed by atoms with Gasteiger partial charge >= 0.3 is 5.97 Å². The number of rotatable bonds is 1. The Morgan fingerprint density at radius 3 is 2.80 bits per heavy atom. The molecule has 1 atom stereocenters. The van der Waals surface area contributed by atoms with E-state index in [1.807, 2.05) is 0 Å². The van der Waals surface area contributed by atoms with Crippen molar-refractivity contribution in [3.8, 4) is 0 Å². The van der Waals surface area contributed by atoms with Crippen molar-refractivity contribution < 1.29 is 14.3 Å². The van der Waals surface area contributed by atoms with Crippen molar-refractivity contribution in [3.63, 3.8) is 0 Å². The van der Waals surface area contributed by atoms with Gasteiger partial charge in [-0.3, -0.25) is 4.79 Å². The summed E-state index contributed by atoms with van der Waals surface area (Å²) >= 11 is 0. The fourth-order valence-electron chi connectivity index (χ4n) is 0.911. The smallest absolute Gasteiger partial charge is 0.334 e. The summed E-state index contributed by atoms with van der Waals surface area (Å²) in [5, 5.41) is 0. The number of carbonyl (C=O) groups is 2. The highest BCUT2D eigenvalue weighted by Gasteiger charge is 2.24. The lowest BCUT2D eigenvalue weighted by Crippen LogP contribution is -1.99. The van der Waals surface area contributed by atoms with Gasteiger partial charge in [0.15, 0.2) is 0 Å². The molecule has 0 saturated carbocycles. The van der Waals surface area contributed by atoms with E-state index >= 15 is 0 Å². The standard InChI is InChI=1S/C7H8O3/c1-5-4-6(2-3-8)7(9)10-5/h2-3,5H,4H2,1H3/b6-2+/t5-/m0/s1. The lowest BCUT2D eigenvalue weighted by Gasteiger charge is -1.94. The van der Waals surface area contributed by atoms with Crippen LogP contribution in [0.5, 0.6) is 0 Å². The lowest BCUT2D eigenvalue weighted by atomic mass is 10.2. The van der Waals surface area contributed by atoms with Gasteiger partial charge in [0.25, 0.3) is 0 Å². The predicted octanol–water partition coefficient (Wildman–Crippen LogP) is 0.447. The first-order chi connectivity index (χ1) is 4.74. The fraction of sp³-hybridized carbons (Fsp3) is 0.429. The molecule has 54 valence electrons. The molecule has 1 saturated heterocycles. The Morgan fingerprint density at radius 1 is 1.70 bits per heavy atom. The predicted molar refractivity (Wildman–Crippen MR) is 34.3 cm³/mol. The molecule has 0 aliphatic carbocycles. The van der Waals surface area contributed by atoms with Gasteiger partial charge in [-0.15, -0.1) is 0 Å². The summed E-state index contributed by atoms with van der Waals surface area (Å²) in [7, 11) is 0. The highest BCUT2D eigenvalue weighted by Crippen LogP contribution is 2.18. The minimum absolute atomic E-state index is 0.0706. The summed E-state index contributed by atoms with van der Waals surface area (Å²) in [6, 6.07) is 0. The Morgan fingerprint density at radius 2 is 2.40 bits per heavy atom. The van der Waals surface area contributed by atoms with Gasteiger partial charge < -0.3 is 4.74 Å². The lowest BCUT2D eigenvalue weighted by molar-refractivity contribution is -0.138. The largest absolute Gasteiger partial charge is 0.459 e. The van der Waals surface area contributed by atoms with Crippen LogP contribution >= 0.6 is 0 Å². The monoisotopic (exact) mass is 140 g/mol. The summed E-state index contributed by atoms with van der Waals surface area (Å²) in [6.07, 6.45) is 2.34. The van der Waals surface area contributed by atoms with Gasteiger partial charge in [0.1, 0.15) is 12.4 Å². The van der Waals surface area contributed by atoms with Crippen molar-refractivity contribution >= 4 is 12.3 Å². The Balaban J connectivity index is 2.72. The molecule has 0 spiro atoms. The van der Waals surface area contributed by atoms with Gasteiger partial charge in [0.2, 0.25) is 0 Å². The van der Waals surface area contributed by atoms with Crippen molar-refractivity contribution in [3.05, 3.63) is 11.6 Å². The molecule has 1 rings (SSSR count). The molecule has 1 fully saturated rings. The summed E-state index contributed by atoms with van der Waals surface area (Å²) in [5.41, 5.74) is 0.475. The number of aldehydes is 1. The van der Waals surface area contributed by atoms with E-state index < -0.39 is 0 Å². The minimum atomic E-state index is -0.361. The van der Waals surface area contributed by atoms with Crippen molar-refractivity contribution in [2.75, 3.05) is 0 Å². The fourth-order valence-corrected chi connectivity index (χ4v) is 0.911. The highest BCUT2D eigenvalue weighted by molar-refractivity contribution is 5.94. The number of hydrogen-bond donors (Lipinski definition) is 0. The molecule has 0 amide bonds. The summed E-state index contributed by atoms with van der Waals surface area (Å²) < 4.78 is 4.76. The molecule has 3 nitrogen and oxygen atoms in total. The number of ether oxygens (including phenoxy) is 1. The third kappa shape index (κ3) is 1.23. The van der Waals surface area contributed by atoms with E-state index in [1.54, 1.807) is 6.92 Å². The number of esters is 1. The summed E-state index contributed by atoms with van der Waals surface area (Å²) in [4.78, 5) is 20.7. The zero-order valence-corrected chi connectivity index (χ0v) is 5.66. The molecule has 0 unspecified atom stereocenters. The zero-order chi connectivity index (χ0) is 7.56. The van der Waals surface area contributed by atoms with E-state index in [0.29, 0.717) is 18.3 Å². The van der Waals surface area contributed by atoms with Crippen LogP contribution < -0.4 is 0 Å². The Kier molecular flexibility index (Phi) is 1.85. The molecule has 0 aromatic heterocycles. The summed E-state index contributed by atoms with van der Waals surface area (Å²) in [5.74, 6) is -0.361. The van der Waals surface area contributed by atoms with Gasteiger partial charge in [0.05, 0.1) is 0 Å². The molecule has 0 bridgehead atoms. The van der Waals surface area contributed by atoms with E-state index in [2.05, 4.69) is 0 Å². The third-order valence-electron chi connectivity index (χ3n) is 1.35. The molecular weight excluding hydrogens is 132 g/mol. The van der Waals surface area contributed by atoms with Crippen molar-refractivity contribution in [1.29, 1.82) is 0 Å². The van der Waals surface area contributed by atoms with E-state index in [4.69, 9.17) is 4.74 Å². The average molecular weight is 140 g/mol. The third-order valence-corrected chi connectivity index (χ3v) is 1.35. The molecule has 10 heavy (non-hydrogen) atoms. The van der Waals surface area contributed by atoms with Gasteiger partial charge in [-0.1, -0.05) is 0 Å². The molecule has 1 aliphatic heterocycles. The van der Waals surface area contributed by atoms with E-state index in [9.17, 15) is 9.59 Å². The zero-order valence-electron chi connectivity index (χ0n) is 5.66.